The molecule has 2 N–H and O–H groups in total. The minimum absolute atomic E-state index is 0.571. The number of rotatable bonds is 3. The summed E-state index contributed by atoms with van der Waals surface area (Å²) in [6, 6.07) is 0. The van der Waals surface area contributed by atoms with Gasteiger partial charge in [0.05, 0.1) is 0 Å². The molecular weight excluding hydrogens is 272 g/mol. The summed E-state index contributed by atoms with van der Waals surface area (Å²) in [6.45, 7) is -0.662. The molecule has 2 rings (SSSR count). The molecular formula is C4H6O10S2. The van der Waals surface area contributed by atoms with Crippen molar-refractivity contribution >= 4 is 20.8 Å². The lowest BCUT2D eigenvalue weighted by Gasteiger charge is -2.49. The van der Waals surface area contributed by atoms with Crippen LogP contribution in [-0.2, 0) is 37.5 Å². The van der Waals surface area contributed by atoms with E-state index in [0.717, 1.165) is 0 Å². The lowest BCUT2D eigenvalue weighted by Crippen LogP contribution is -2.73. The van der Waals surface area contributed by atoms with Crippen molar-refractivity contribution in [2.24, 2.45) is 0 Å². The summed E-state index contributed by atoms with van der Waals surface area (Å²) in [5, 5.41) is 18.1. The summed E-state index contributed by atoms with van der Waals surface area (Å²) < 4.78 is 58.6. The van der Waals surface area contributed by atoms with E-state index >= 15 is 0 Å². The van der Waals surface area contributed by atoms with Crippen LogP contribution < -0.4 is 0 Å². The van der Waals surface area contributed by atoms with Gasteiger partial charge in [0.1, 0.15) is 0 Å². The summed E-state index contributed by atoms with van der Waals surface area (Å²) >= 11 is 0. The first kappa shape index (κ1) is 12.1. The fraction of sp³-hybridized carbons (Fsp3) is 1.00. The largest absolute Gasteiger partial charge is 0.409 e. The van der Waals surface area contributed by atoms with Crippen molar-refractivity contribution in [3.8, 4) is 0 Å². The summed E-state index contributed by atoms with van der Waals surface area (Å²) in [6.07, 6.45) is -0.571. The third kappa shape index (κ3) is 1.63. The first-order valence-corrected chi connectivity index (χ1v) is 6.46. The molecule has 0 radical (unpaired) electrons. The number of hydrogen-bond acceptors (Lipinski definition) is 10. The average Bonchev–Trinajstić information content (AvgIpc) is 1.96. The van der Waals surface area contributed by atoms with Crippen LogP contribution in [0.2, 0.25) is 0 Å². The van der Waals surface area contributed by atoms with E-state index in [4.69, 9.17) is 5.11 Å². The van der Waals surface area contributed by atoms with Gasteiger partial charge in [-0.25, -0.2) is 8.37 Å². The molecule has 0 amide bonds. The predicted molar refractivity (Wildman–Crippen MR) is 41.6 cm³/mol. The molecule has 12 heteroatoms. The van der Waals surface area contributed by atoms with E-state index in [1.54, 1.807) is 0 Å². The molecule has 2 saturated heterocycles. The zero-order chi connectivity index (χ0) is 12.2. The van der Waals surface area contributed by atoms with Gasteiger partial charge in [0.2, 0.25) is 0 Å². The Morgan fingerprint density at radius 2 is 1.38 bits per heavy atom. The summed E-state index contributed by atoms with van der Waals surface area (Å²) in [5.41, 5.74) is 0. The van der Waals surface area contributed by atoms with Crippen LogP contribution in [0.4, 0.5) is 0 Å². The van der Waals surface area contributed by atoms with Crippen LogP contribution in [-0.4, -0.2) is 45.4 Å². The SMILES string of the molecule is O=S1(=O)OC(O)(C2(CCO)OS(=O)(=O)O2)O1. The Balaban J connectivity index is 2.23. The third-order valence-corrected chi connectivity index (χ3v) is 3.63. The van der Waals surface area contributed by atoms with Crippen LogP contribution in [0.3, 0.4) is 0 Å². The third-order valence-electron chi connectivity index (χ3n) is 1.83. The Morgan fingerprint density at radius 3 is 1.69 bits per heavy atom. The van der Waals surface area contributed by atoms with E-state index in [9.17, 15) is 21.9 Å². The van der Waals surface area contributed by atoms with Gasteiger partial charge in [0, 0.05) is 13.0 Å². The second kappa shape index (κ2) is 3.11. The van der Waals surface area contributed by atoms with E-state index in [1.165, 1.54) is 0 Å². The normalized spacial score (nSPS) is 32.4. The van der Waals surface area contributed by atoms with Gasteiger partial charge in [-0.05, 0) is 0 Å². The van der Waals surface area contributed by atoms with Gasteiger partial charge in [0.15, 0.2) is 0 Å². The van der Waals surface area contributed by atoms with Crippen LogP contribution in [0.15, 0.2) is 0 Å². The first-order chi connectivity index (χ1) is 7.14. The molecule has 0 atom stereocenters. The maximum atomic E-state index is 10.6. The van der Waals surface area contributed by atoms with Crippen molar-refractivity contribution in [2.45, 2.75) is 18.2 Å². The number of hydrogen-bond donors (Lipinski definition) is 2. The second-order valence-corrected chi connectivity index (χ2v) is 5.26. The Bertz CT molecular complexity index is 477. The smallest absolute Gasteiger partial charge is 0.396 e. The molecule has 0 aromatic carbocycles. The Labute approximate surface area is 90.0 Å². The fourth-order valence-electron chi connectivity index (χ4n) is 1.24. The summed E-state index contributed by atoms with van der Waals surface area (Å²) in [4.78, 5) is 0. The molecule has 0 unspecified atom stereocenters. The van der Waals surface area contributed by atoms with E-state index in [2.05, 4.69) is 16.7 Å². The summed E-state index contributed by atoms with van der Waals surface area (Å²) in [7, 11) is -8.72. The van der Waals surface area contributed by atoms with Crippen LogP contribution in [0.5, 0.6) is 0 Å². The van der Waals surface area contributed by atoms with Gasteiger partial charge in [0.25, 0.3) is 5.79 Å². The number of aliphatic hydroxyl groups excluding tert-OH is 1. The highest BCUT2D eigenvalue weighted by Crippen LogP contribution is 2.49. The molecule has 0 aromatic rings. The Hall–Kier alpha value is -0.340. The van der Waals surface area contributed by atoms with Crippen molar-refractivity contribution < 1.29 is 43.8 Å². The van der Waals surface area contributed by atoms with E-state index < -0.39 is 45.6 Å². The predicted octanol–water partition coefficient (Wildman–Crippen LogP) is -2.71. The lowest BCUT2D eigenvalue weighted by molar-refractivity contribution is -0.459. The molecule has 16 heavy (non-hydrogen) atoms. The Morgan fingerprint density at radius 1 is 0.938 bits per heavy atom. The highest BCUT2D eigenvalue weighted by molar-refractivity contribution is 7.83. The molecule has 0 bridgehead atoms. The van der Waals surface area contributed by atoms with E-state index in [0.29, 0.717) is 0 Å². The van der Waals surface area contributed by atoms with Gasteiger partial charge in [-0.2, -0.15) is 25.2 Å². The van der Waals surface area contributed by atoms with Crippen molar-refractivity contribution in [2.75, 3.05) is 6.61 Å². The zero-order valence-electron chi connectivity index (χ0n) is 7.39. The van der Waals surface area contributed by atoms with Crippen LogP contribution in [0.1, 0.15) is 6.42 Å². The first-order valence-electron chi connectivity index (χ1n) is 3.79. The molecule has 0 saturated carbocycles. The van der Waals surface area contributed by atoms with Crippen molar-refractivity contribution in [3.63, 3.8) is 0 Å². The minimum atomic E-state index is -4.39. The highest BCUT2D eigenvalue weighted by Gasteiger charge is 2.75. The maximum Gasteiger partial charge on any atom is 0.409 e. The molecule has 2 aliphatic heterocycles. The second-order valence-electron chi connectivity index (χ2n) is 2.96. The minimum Gasteiger partial charge on any atom is -0.396 e. The van der Waals surface area contributed by atoms with Gasteiger partial charge in [-0.15, -0.1) is 0 Å². The summed E-state index contributed by atoms with van der Waals surface area (Å²) in [5.74, 6) is -5.33. The molecule has 2 aliphatic rings. The molecule has 94 valence electrons. The standard InChI is InChI=1S/C4H6O10S2/c5-2-1-3(11-15(7,8)12-3)4(6)13-16(9,10)14-4/h5-6H,1-2H2. The maximum absolute atomic E-state index is 10.6. The lowest BCUT2D eigenvalue weighted by atomic mass is 10.1. The van der Waals surface area contributed by atoms with Crippen LogP contribution >= 0.6 is 0 Å². The molecule has 0 aromatic heterocycles. The van der Waals surface area contributed by atoms with E-state index in [1.807, 2.05) is 0 Å². The average molecular weight is 278 g/mol. The fourth-order valence-corrected chi connectivity index (χ4v) is 3.11. The molecule has 0 spiro atoms. The molecule has 2 heterocycles. The van der Waals surface area contributed by atoms with Crippen molar-refractivity contribution in [3.05, 3.63) is 0 Å². The van der Waals surface area contributed by atoms with Crippen LogP contribution in [0, 0.1) is 0 Å². The molecule has 2 fully saturated rings. The topological polar surface area (TPSA) is 146 Å². The van der Waals surface area contributed by atoms with Gasteiger partial charge < -0.3 is 10.2 Å². The van der Waals surface area contributed by atoms with Gasteiger partial charge in [-0.3, -0.25) is 0 Å². The zero-order valence-corrected chi connectivity index (χ0v) is 9.02. The molecule has 0 aliphatic carbocycles. The van der Waals surface area contributed by atoms with Crippen LogP contribution in [0.25, 0.3) is 0 Å². The Kier molecular flexibility index (Phi) is 2.36. The quantitative estimate of drug-likeness (QED) is 0.558. The van der Waals surface area contributed by atoms with Crippen molar-refractivity contribution in [1.29, 1.82) is 0 Å². The van der Waals surface area contributed by atoms with Gasteiger partial charge in [-0.1, -0.05) is 0 Å². The monoisotopic (exact) mass is 278 g/mol. The number of aliphatic hydroxyl groups is 2. The molecule has 10 nitrogen and oxygen atoms in total. The van der Waals surface area contributed by atoms with Gasteiger partial charge >= 0.3 is 26.8 Å². The van der Waals surface area contributed by atoms with E-state index in [-0.39, 0.29) is 0 Å². The van der Waals surface area contributed by atoms with Crippen molar-refractivity contribution in [1.82, 2.24) is 0 Å². The highest BCUT2D eigenvalue weighted by atomic mass is 32.3.